The first-order valence-electron chi connectivity index (χ1n) is 5.45. The van der Waals surface area contributed by atoms with E-state index in [0.717, 1.165) is 21.3 Å². The number of hydrogen-bond donors (Lipinski definition) is 1. The Kier molecular flexibility index (Phi) is 3.64. The quantitative estimate of drug-likeness (QED) is 0.634. The third-order valence-electron chi connectivity index (χ3n) is 2.62. The fourth-order valence-electron chi connectivity index (χ4n) is 1.75. The van der Waals surface area contributed by atoms with Crippen LogP contribution in [0.15, 0.2) is 53.0 Å². The Labute approximate surface area is 110 Å². The fourth-order valence-corrected chi connectivity index (χ4v) is 2.11. The van der Waals surface area contributed by atoms with Gasteiger partial charge in [-0.3, -0.25) is 0 Å². The molecule has 2 aromatic rings. The van der Waals surface area contributed by atoms with Crippen LogP contribution in [0.5, 0.6) is 0 Å². The molecule has 0 atom stereocenters. The van der Waals surface area contributed by atoms with Crippen molar-refractivity contribution in [2.45, 2.75) is 6.92 Å². The van der Waals surface area contributed by atoms with Crippen molar-refractivity contribution in [3.8, 4) is 0 Å². The number of halogens is 1. The monoisotopic (exact) mass is 287 g/mol. The van der Waals surface area contributed by atoms with E-state index in [2.05, 4.69) is 41.1 Å². The minimum Gasteiger partial charge on any atom is -0.398 e. The van der Waals surface area contributed by atoms with Gasteiger partial charge in [0.1, 0.15) is 0 Å². The Morgan fingerprint density at radius 2 is 1.82 bits per heavy atom. The zero-order chi connectivity index (χ0) is 12.3. The predicted molar refractivity (Wildman–Crippen MR) is 78.5 cm³/mol. The lowest BCUT2D eigenvalue weighted by molar-refractivity contribution is 1.54. The summed E-state index contributed by atoms with van der Waals surface area (Å²) in [6.45, 7) is 2.07. The van der Waals surface area contributed by atoms with Gasteiger partial charge in [-0.25, -0.2) is 0 Å². The topological polar surface area (TPSA) is 26.0 Å². The lowest BCUT2D eigenvalue weighted by Crippen LogP contribution is -1.91. The average molecular weight is 288 g/mol. The van der Waals surface area contributed by atoms with Gasteiger partial charge in [-0.05, 0) is 36.3 Å². The van der Waals surface area contributed by atoms with Crippen LogP contribution in [-0.2, 0) is 0 Å². The summed E-state index contributed by atoms with van der Waals surface area (Å²) in [5, 5.41) is 0. The SMILES string of the molecule is CC(=Cc1ccccc1)c1cc(Br)ccc1N. The maximum atomic E-state index is 5.98. The molecule has 2 aromatic carbocycles. The zero-order valence-corrected chi connectivity index (χ0v) is 11.2. The molecule has 0 heterocycles. The second-order valence-electron chi connectivity index (χ2n) is 3.97. The molecule has 2 heteroatoms. The van der Waals surface area contributed by atoms with Crippen molar-refractivity contribution in [2.75, 3.05) is 5.73 Å². The van der Waals surface area contributed by atoms with E-state index in [1.165, 1.54) is 5.56 Å². The van der Waals surface area contributed by atoms with Crippen LogP contribution in [0, 0.1) is 0 Å². The van der Waals surface area contributed by atoms with Gasteiger partial charge >= 0.3 is 0 Å². The van der Waals surface area contributed by atoms with E-state index >= 15 is 0 Å². The summed E-state index contributed by atoms with van der Waals surface area (Å²) in [5.41, 5.74) is 10.2. The lowest BCUT2D eigenvalue weighted by atomic mass is 10.0. The van der Waals surface area contributed by atoms with Crippen LogP contribution in [0.4, 0.5) is 5.69 Å². The van der Waals surface area contributed by atoms with Crippen molar-refractivity contribution in [2.24, 2.45) is 0 Å². The molecular formula is C15H14BrN. The fraction of sp³-hybridized carbons (Fsp3) is 0.0667. The Morgan fingerprint density at radius 1 is 1.12 bits per heavy atom. The molecule has 1 nitrogen and oxygen atoms in total. The van der Waals surface area contributed by atoms with E-state index < -0.39 is 0 Å². The molecule has 0 radical (unpaired) electrons. The number of anilines is 1. The van der Waals surface area contributed by atoms with E-state index in [9.17, 15) is 0 Å². The van der Waals surface area contributed by atoms with Crippen molar-refractivity contribution >= 4 is 33.3 Å². The molecule has 0 aromatic heterocycles. The molecule has 0 amide bonds. The third-order valence-corrected chi connectivity index (χ3v) is 3.12. The average Bonchev–Trinajstić information content (AvgIpc) is 2.33. The van der Waals surface area contributed by atoms with Gasteiger partial charge in [-0.1, -0.05) is 52.3 Å². The van der Waals surface area contributed by atoms with E-state index in [1.54, 1.807) is 0 Å². The van der Waals surface area contributed by atoms with Crippen LogP contribution in [0.25, 0.3) is 11.6 Å². The van der Waals surface area contributed by atoms with Crippen molar-refractivity contribution < 1.29 is 0 Å². The first-order valence-corrected chi connectivity index (χ1v) is 6.25. The maximum Gasteiger partial charge on any atom is 0.0391 e. The number of nitrogens with two attached hydrogens (primary N) is 1. The first kappa shape index (κ1) is 11.9. The van der Waals surface area contributed by atoms with Crippen LogP contribution in [-0.4, -0.2) is 0 Å². The Morgan fingerprint density at radius 3 is 2.53 bits per heavy atom. The van der Waals surface area contributed by atoms with Crippen molar-refractivity contribution in [3.63, 3.8) is 0 Å². The van der Waals surface area contributed by atoms with E-state index in [4.69, 9.17) is 5.73 Å². The summed E-state index contributed by atoms with van der Waals surface area (Å²) >= 11 is 3.47. The van der Waals surface area contributed by atoms with Crippen molar-refractivity contribution in [1.82, 2.24) is 0 Å². The summed E-state index contributed by atoms with van der Waals surface area (Å²) in [6, 6.07) is 16.2. The molecule has 2 N–H and O–H groups in total. The minimum absolute atomic E-state index is 0.804. The normalized spacial score (nSPS) is 11.5. The Hall–Kier alpha value is -1.54. The van der Waals surface area contributed by atoms with Gasteiger partial charge in [-0.2, -0.15) is 0 Å². The van der Waals surface area contributed by atoms with Crippen LogP contribution in [0.1, 0.15) is 18.1 Å². The second kappa shape index (κ2) is 5.19. The van der Waals surface area contributed by atoms with E-state index in [-0.39, 0.29) is 0 Å². The molecule has 0 saturated carbocycles. The molecule has 17 heavy (non-hydrogen) atoms. The molecule has 0 aliphatic carbocycles. The van der Waals surface area contributed by atoms with Crippen molar-refractivity contribution in [1.29, 1.82) is 0 Å². The van der Waals surface area contributed by atoms with Crippen LogP contribution in [0.2, 0.25) is 0 Å². The van der Waals surface area contributed by atoms with E-state index in [0.29, 0.717) is 0 Å². The third kappa shape index (κ3) is 2.98. The van der Waals surface area contributed by atoms with Gasteiger partial charge in [-0.15, -0.1) is 0 Å². The molecule has 0 fully saturated rings. The summed E-state index contributed by atoms with van der Waals surface area (Å²) in [7, 11) is 0. The van der Waals surface area contributed by atoms with Gasteiger partial charge < -0.3 is 5.73 Å². The van der Waals surface area contributed by atoms with Gasteiger partial charge in [0.25, 0.3) is 0 Å². The highest BCUT2D eigenvalue weighted by atomic mass is 79.9. The summed E-state index contributed by atoms with van der Waals surface area (Å²) < 4.78 is 1.04. The molecule has 0 unspecified atom stereocenters. The van der Waals surface area contributed by atoms with Gasteiger partial charge in [0, 0.05) is 15.7 Å². The minimum atomic E-state index is 0.804. The smallest absolute Gasteiger partial charge is 0.0391 e. The van der Waals surface area contributed by atoms with Gasteiger partial charge in [0.15, 0.2) is 0 Å². The van der Waals surface area contributed by atoms with Crippen molar-refractivity contribution in [3.05, 3.63) is 64.1 Å². The predicted octanol–water partition coefficient (Wildman–Crippen LogP) is 4.59. The van der Waals surface area contributed by atoms with Crippen LogP contribution in [0.3, 0.4) is 0 Å². The van der Waals surface area contributed by atoms with Crippen LogP contribution < -0.4 is 5.73 Å². The highest BCUT2D eigenvalue weighted by molar-refractivity contribution is 9.10. The number of nitrogen functional groups attached to an aromatic ring is 1. The van der Waals surface area contributed by atoms with E-state index in [1.807, 2.05) is 36.4 Å². The zero-order valence-electron chi connectivity index (χ0n) is 9.65. The number of allylic oxidation sites excluding steroid dienone is 1. The molecule has 0 aliphatic rings. The molecule has 86 valence electrons. The molecule has 0 bridgehead atoms. The number of rotatable bonds is 2. The number of hydrogen-bond acceptors (Lipinski definition) is 1. The number of benzene rings is 2. The molecule has 0 aliphatic heterocycles. The molecule has 0 saturated heterocycles. The standard InChI is InChI=1S/C15H14BrN/c1-11(9-12-5-3-2-4-6-12)14-10-13(16)7-8-15(14)17/h2-10H,17H2,1H3. The van der Waals surface area contributed by atoms with Crippen LogP contribution >= 0.6 is 15.9 Å². The highest BCUT2D eigenvalue weighted by Gasteiger charge is 2.02. The Balaban J connectivity index is 2.40. The lowest BCUT2D eigenvalue weighted by Gasteiger charge is -2.07. The largest absolute Gasteiger partial charge is 0.398 e. The maximum absolute atomic E-state index is 5.98. The molecule has 0 spiro atoms. The second-order valence-corrected chi connectivity index (χ2v) is 4.89. The molecular weight excluding hydrogens is 274 g/mol. The summed E-state index contributed by atoms with van der Waals surface area (Å²) in [6.07, 6.45) is 2.14. The Bertz CT molecular complexity index is 544. The summed E-state index contributed by atoms with van der Waals surface area (Å²) in [4.78, 5) is 0. The highest BCUT2D eigenvalue weighted by Crippen LogP contribution is 2.26. The first-order chi connectivity index (χ1) is 8.16. The van der Waals surface area contributed by atoms with Gasteiger partial charge in [0.2, 0.25) is 0 Å². The summed E-state index contributed by atoms with van der Waals surface area (Å²) in [5.74, 6) is 0. The molecule has 2 rings (SSSR count). The van der Waals surface area contributed by atoms with Gasteiger partial charge in [0.05, 0.1) is 0 Å².